The molecule has 4 nitrogen and oxygen atoms in total. The van der Waals surface area contributed by atoms with Gasteiger partial charge in [0.05, 0.1) is 16.8 Å². The van der Waals surface area contributed by atoms with Crippen molar-refractivity contribution in [1.82, 2.24) is 4.98 Å². The number of halogens is 1. The molecule has 5 heteroatoms. The Bertz CT molecular complexity index is 1320. The molecule has 31 heavy (non-hydrogen) atoms. The molecule has 3 aromatic carbocycles. The van der Waals surface area contributed by atoms with Crippen LogP contribution in [0.5, 0.6) is 0 Å². The Labute approximate surface area is 180 Å². The Morgan fingerprint density at radius 1 is 1.03 bits per heavy atom. The van der Waals surface area contributed by atoms with E-state index in [9.17, 15) is 9.90 Å². The summed E-state index contributed by atoms with van der Waals surface area (Å²) in [7, 11) is 0. The summed E-state index contributed by atoms with van der Waals surface area (Å²) >= 11 is 0. The van der Waals surface area contributed by atoms with Crippen LogP contribution in [0.15, 0.2) is 54.6 Å². The Balaban J connectivity index is 1.56. The summed E-state index contributed by atoms with van der Waals surface area (Å²) in [5.41, 5.74) is 7.13. The molecule has 156 valence electrons. The van der Waals surface area contributed by atoms with Crippen LogP contribution >= 0.6 is 0 Å². The first-order chi connectivity index (χ1) is 15.0. The maximum Gasteiger partial charge on any atom is 0.335 e. The molecule has 1 aliphatic rings. The smallest absolute Gasteiger partial charge is 0.335 e. The highest BCUT2D eigenvalue weighted by atomic mass is 19.1. The normalized spacial score (nSPS) is 12.1. The van der Waals surface area contributed by atoms with Crippen molar-refractivity contribution >= 4 is 22.6 Å². The Hall–Kier alpha value is -3.60. The number of hydrogen-bond donors (Lipinski definition) is 2. The number of carbonyl (C=O) groups is 1. The fourth-order valence-corrected chi connectivity index (χ4v) is 4.67. The van der Waals surface area contributed by atoms with E-state index in [2.05, 4.69) is 23.7 Å². The van der Waals surface area contributed by atoms with E-state index in [1.54, 1.807) is 12.1 Å². The number of nitrogens with one attached hydrogen (secondary N) is 1. The van der Waals surface area contributed by atoms with Crippen molar-refractivity contribution in [2.45, 2.75) is 20.3 Å². The number of hydrogen-bond acceptors (Lipinski definition) is 2. The molecule has 5 rings (SSSR count). The van der Waals surface area contributed by atoms with Crippen LogP contribution in [0.4, 0.5) is 10.1 Å². The molecule has 2 N–H and O–H groups in total. The zero-order valence-electron chi connectivity index (χ0n) is 17.5. The minimum atomic E-state index is -0.939. The molecular weight excluding hydrogens is 391 g/mol. The van der Waals surface area contributed by atoms with Gasteiger partial charge in [-0.15, -0.1) is 0 Å². The lowest BCUT2D eigenvalue weighted by atomic mass is 10.0. The SMILES string of the molecule is CCN(CC)c1ccc(-c2ccc3c4c([nH]c3c2F)-c2ccc(C(=O)O)cc2C4)cc1. The van der Waals surface area contributed by atoms with Crippen molar-refractivity contribution in [1.29, 1.82) is 0 Å². The van der Waals surface area contributed by atoms with Crippen LogP contribution < -0.4 is 4.90 Å². The molecule has 0 unspecified atom stereocenters. The summed E-state index contributed by atoms with van der Waals surface area (Å²) in [4.78, 5) is 16.8. The van der Waals surface area contributed by atoms with Crippen LogP contribution in [0.2, 0.25) is 0 Å². The zero-order valence-corrected chi connectivity index (χ0v) is 17.5. The second-order valence-electron chi connectivity index (χ2n) is 7.90. The summed E-state index contributed by atoms with van der Waals surface area (Å²) in [5, 5.41) is 10.1. The van der Waals surface area contributed by atoms with E-state index in [1.165, 1.54) is 0 Å². The van der Waals surface area contributed by atoms with Gasteiger partial charge < -0.3 is 15.0 Å². The molecule has 0 atom stereocenters. The highest BCUT2D eigenvalue weighted by molar-refractivity contribution is 5.98. The number of benzene rings is 3. The van der Waals surface area contributed by atoms with Crippen molar-refractivity contribution < 1.29 is 14.3 Å². The number of carboxylic acid groups (broad SMARTS) is 1. The Morgan fingerprint density at radius 3 is 2.42 bits per heavy atom. The standard InChI is InChI=1S/C26H23FN2O2/c1-3-29(4-2)18-8-5-15(6-9-18)19-11-12-21-22-14-17-13-16(26(30)31)7-10-20(17)24(22)28-25(21)23(19)27/h5-13,28H,3-4,14H2,1-2H3,(H,30,31). The summed E-state index contributed by atoms with van der Waals surface area (Å²) in [5.74, 6) is -1.20. The van der Waals surface area contributed by atoms with Crippen molar-refractivity contribution in [3.8, 4) is 22.4 Å². The van der Waals surface area contributed by atoms with Crippen LogP contribution in [0.3, 0.4) is 0 Å². The first-order valence-corrected chi connectivity index (χ1v) is 10.6. The van der Waals surface area contributed by atoms with Crippen LogP contribution in [0.25, 0.3) is 33.3 Å². The van der Waals surface area contributed by atoms with E-state index in [-0.39, 0.29) is 11.4 Å². The average molecular weight is 414 g/mol. The average Bonchev–Trinajstić information content (AvgIpc) is 3.32. The fourth-order valence-electron chi connectivity index (χ4n) is 4.67. The highest BCUT2D eigenvalue weighted by Gasteiger charge is 2.26. The van der Waals surface area contributed by atoms with Gasteiger partial charge in [0, 0.05) is 41.7 Å². The molecule has 0 bridgehead atoms. The van der Waals surface area contributed by atoms with Gasteiger partial charge in [0.2, 0.25) is 0 Å². The maximum absolute atomic E-state index is 15.5. The van der Waals surface area contributed by atoms with Crippen molar-refractivity contribution in [3.05, 3.63) is 77.1 Å². The van der Waals surface area contributed by atoms with Crippen molar-refractivity contribution in [2.24, 2.45) is 0 Å². The predicted octanol–water partition coefficient (Wildman–Crippen LogP) is 6.09. The number of carboxylic acids is 1. The monoisotopic (exact) mass is 414 g/mol. The molecule has 0 spiro atoms. The summed E-state index contributed by atoms with van der Waals surface area (Å²) in [6.07, 6.45) is 0.600. The third kappa shape index (κ3) is 3.00. The van der Waals surface area contributed by atoms with Crippen molar-refractivity contribution in [2.75, 3.05) is 18.0 Å². The molecule has 4 aromatic rings. The lowest BCUT2D eigenvalue weighted by Crippen LogP contribution is -2.21. The lowest BCUT2D eigenvalue weighted by Gasteiger charge is -2.21. The Kier molecular flexibility index (Phi) is 4.54. The largest absolute Gasteiger partial charge is 0.478 e. The molecule has 0 saturated carbocycles. The molecule has 1 aliphatic carbocycles. The number of aromatic carboxylic acids is 1. The van der Waals surface area contributed by atoms with Gasteiger partial charge in [0.15, 0.2) is 5.82 Å². The zero-order chi connectivity index (χ0) is 21.7. The predicted molar refractivity (Wildman–Crippen MR) is 122 cm³/mol. The maximum atomic E-state index is 15.5. The van der Waals surface area contributed by atoms with E-state index in [0.717, 1.165) is 52.1 Å². The molecule has 0 amide bonds. The highest BCUT2D eigenvalue weighted by Crippen LogP contribution is 2.42. The van der Waals surface area contributed by atoms with Crippen LogP contribution in [-0.2, 0) is 6.42 Å². The van der Waals surface area contributed by atoms with Gasteiger partial charge in [0.1, 0.15) is 0 Å². The number of nitrogens with zero attached hydrogens (tertiary/aromatic N) is 1. The molecular formula is C26H23FN2O2. The lowest BCUT2D eigenvalue weighted by molar-refractivity contribution is 0.0697. The number of aromatic amines is 1. The minimum absolute atomic E-state index is 0.258. The summed E-state index contributed by atoms with van der Waals surface area (Å²) < 4.78 is 15.5. The quantitative estimate of drug-likeness (QED) is 0.366. The van der Waals surface area contributed by atoms with E-state index >= 15 is 4.39 Å². The number of fused-ring (bicyclic) bond motifs is 5. The molecule has 1 heterocycles. The second-order valence-corrected chi connectivity index (χ2v) is 7.90. The summed E-state index contributed by atoms with van der Waals surface area (Å²) in [6, 6.07) is 16.9. The summed E-state index contributed by atoms with van der Waals surface area (Å²) in [6.45, 7) is 6.10. The second kappa shape index (κ2) is 7.27. The van der Waals surface area contributed by atoms with Gasteiger partial charge in [-0.3, -0.25) is 0 Å². The first-order valence-electron chi connectivity index (χ1n) is 10.6. The van der Waals surface area contributed by atoms with Gasteiger partial charge in [-0.1, -0.05) is 30.3 Å². The van der Waals surface area contributed by atoms with Crippen LogP contribution in [0, 0.1) is 5.82 Å². The third-order valence-electron chi connectivity index (χ3n) is 6.31. The number of anilines is 1. The van der Waals surface area contributed by atoms with Gasteiger partial charge in [0.25, 0.3) is 0 Å². The number of aromatic nitrogens is 1. The third-order valence-corrected chi connectivity index (χ3v) is 6.31. The Morgan fingerprint density at radius 2 is 1.74 bits per heavy atom. The van der Waals surface area contributed by atoms with E-state index < -0.39 is 5.97 Å². The van der Waals surface area contributed by atoms with Crippen LogP contribution in [0.1, 0.15) is 35.3 Å². The van der Waals surface area contributed by atoms with Gasteiger partial charge >= 0.3 is 5.97 Å². The molecule has 0 saturated heterocycles. The fraction of sp³-hybridized carbons (Fsp3) is 0.192. The first kappa shape index (κ1) is 19.4. The van der Waals surface area contributed by atoms with Crippen molar-refractivity contribution in [3.63, 3.8) is 0 Å². The topological polar surface area (TPSA) is 56.3 Å². The minimum Gasteiger partial charge on any atom is -0.478 e. The number of rotatable bonds is 5. The van der Waals surface area contributed by atoms with Gasteiger partial charge in [-0.25, -0.2) is 9.18 Å². The molecule has 1 aromatic heterocycles. The molecule has 0 radical (unpaired) electrons. The van der Waals surface area contributed by atoms with E-state index in [1.807, 2.05) is 42.5 Å². The van der Waals surface area contributed by atoms with E-state index in [0.29, 0.717) is 17.5 Å². The van der Waals surface area contributed by atoms with E-state index in [4.69, 9.17) is 0 Å². The van der Waals surface area contributed by atoms with Crippen LogP contribution in [-0.4, -0.2) is 29.1 Å². The van der Waals surface area contributed by atoms with Gasteiger partial charge in [-0.05, 0) is 54.8 Å². The molecule has 0 fully saturated rings. The van der Waals surface area contributed by atoms with Gasteiger partial charge in [-0.2, -0.15) is 0 Å². The molecule has 0 aliphatic heterocycles. The number of H-pyrrole nitrogens is 1.